The van der Waals surface area contributed by atoms with Crippen molar-refractivity contribution in [3.05, 3.63) is 0 Å². The van der Waals surface area contributed by atoms with Gasteiger partial charge in [-0.2, -0.15) is 0 Å². The summed E-state index contributed by atoms with van der Waals surface area (Å²) in [6, 6.07) is 0. The molecule has 0 spiro atoms. The zero-order valence-corrected chi connectivity index (χ0v) is 8.27. The number of hydrogen-bond acceptors (Lipinski definition) is 3. The van der Waals surface area contributed by atoms with Gasteiger partial charge in [-0.3, -0.25) is 0 Å². The van der Waals surface area contributed by atoms with E-state index >= 15 is 0 Å². The summed E-state index contributed by atoms with van der Waals surface area (Å²) in [4.78, 5) is 3.92. The topological polar surface area (TPSA) is 21.6 Å². The van der Waals surface area contributed by atoms with E-state index in [4.69, 9.17) is 4.74 Å². The Balaban J connectivity index is 2.31. The van der Waals surface area contributed by atoms with Crippen molar-refractivity contribution in [2.75, 3.05) is 46.4 Å². The number of aliphatic imine (C=N–C) groups is 1. The van der Waals surface area contributed by atoms with Gasteiger partial charge in [-0.25, -0.2) is 4.99 Å². The van der Waals surface area contributed by atoms with E-state index in [0.29, 0.717) is 0 Å². The lowest BCUT2D eigenvalue weighted by molar-refractivity contribution is -0.915. The van der Waals surface area contributed by atoms with Crippen molar-refractivity contribution in [1.29, 1.82) is 0 Å². The van der Waals surface area contributed by atoms with Gasteiger partial charge in [0.25, 0.3) is 0 Å². The molecule has 1 fully saturated rings. The van der Waals surface area contributed by atoms with Gasteiger partial charge in [0.15, 0.2) is 0 Å². The summed E-state index contributed by atoms with van der Waals surface area (Å²) >= 11 is 4.51. The molecule has 0 aromatic carbocycles. The van der Waals surface area contributed by atoms with Crippen molar-refractivity contribution in [3.63, 3.8) is 0 Å². The van der Waals surface area contributed by atoms with E-state index in [0.717, 1.165) is 43.9 Å². The predicted molar refractivity (Wildman–Crippen MR) is 51.5 cm³/mol. The first-order valence-corrected chi connectivity index (χ1v) is 4.63. The predicted octanol–water partition coefficient (Wildman–Crippen LogP) is 0.566. The molecule has 1 aliphatic rings. The van der Waals surface area contributed by atoms with Gasteiger partial charge in [0.05, 0.1) is 38.5 Å². The third-order valence-corrected chi connectivity index (χ3v) is 2.50. The lowest BCUT2D eigenvalue weighted by Crippen LogP contribution is -2.53. The minimum absolute atomic E-state index is 0.792. The minimum Gasteiger partial charge on any atom is -0.370 e. The summed E-state index contributed by atoms with van der Waals surface area (Å²) in [5.41, 5.74) is 0. The first-order valence-electron chi connectivity index (χ1n) is 4.22. The van der Waals surface area contributed by atoms with Crippen LogP contribution in [-0.4, -0.2) is 56.1 Å². The molecule has 0 aliphatic carbocycles. The van der Waals surface area contributed by atoms with E-state index in [1.807, 2.05) is 0 Å². The number of isothiocyanates is 1. The van der Waals surface area contributed by atoms with Gasteiger partial charge in [-0.05, 0) is 12.2 Å². The molecule has 68 valence electrons. The average molecular weight is 187 g/mol. The number of thiocarbonyl (C=S) groups is 1. The zero-order valence-electron chi connectivity index (χ0n) is 7.45. The zero-order chi connectivity index (χ0) is 8.86. The van der Waals surface area contributed by atoms with Gasteiger partial charge >= 0.3 is 0 Å². The Kier molecular flexibility index (Phi) is 3.82. The summed E-state index contributed by atoms with van der Waals surface area (Å²) in [6.45, 7) is 5.77. The van der Waals surface area contributed by atoms with Crippen molar-refractivity contribution in [2.24, 2.45) is 4.99 Å². The van der Waals surface area contributed by atoms with Gasteiger partial charge in [0, 0.05) is 0 Å². The summed E-state index contributed by atoms with van der Waals surface area (Å²) in [7, 11) is 2.24. The molecular formula is C8H15N2OS+. The monoisotopic (exact) mass is 187 g/mol. The highest BCUT2D eigenvalue weighted by atomic mass is 32.1. The SMILES string of the molecule is C[N+]1(CCN=C=S)CCOCC1. The van der Waals surface area contributed by atoms with Gasteiger partial charge in [0.2, 0.25) is 0 Å². The molecule has 0 aromatic heterocycles. The summed E-state index contributed by atoms with van der Waals surface area (Å²) in [5, 5.41) is 2.39. The lowest BCUT2D eigenvalue weighted by Gasteiger charge is -2.36. The molecule has 3 nitrogen and oxygen atoms in total. The van der Waals surface area contributed by atoms with Crippen LogP contribution in [0.2, 0.25) is 0 Å². The molecule has 0 radical (unpaired) electrons. The Labute approximate surface area is 78.6 Å². The quantitative estimate of drug-likeness (QED) is 0.366. The van der Waals surface area contributed by atoms with Crippen molar-refractivity contribution in [2.45, 2.75) is 0 Å². The maximum absolute atomic E-state index is 5.29. The number of quaternary nitrogens is 1. The van der Waals surface area contributed by atoms with Gasteiger partial charge < -0.3 is 9.22 Å². The van der Waals surface area contributed by atoms with Gasteiger partial charge in [0.1, 0.15) is 13.1 Å². The van der Waals surface area contributed by atoms with Crippen molar-refractivity contribution in [1.82, 2.24) is 0 Å². The van der Waals surface area contributed by atoms with Crippen LogP contribution < -0.4 is 0 Å². The number of rotatable bonds is 3. The molecular weight excluding hydrogens is 172 g/mol. The molecule has 0 N–H and O–H groups in total. The van der Waals surface area contributed by atoms with E-state index in [1.54, 1.807) is 0 Å². The third-order valence-electron chi connectivity index (χ3n) is 2.37. The third kappa shape index (κ3) is 2.99. The Hall–Kier alpha value is -0.280. The van der Waals surface area contributed by atoms with Crippen molar-refractivity contribution >= 4 is 17.4 Å². The normalized spacial score (nSPS) is 21.4. The summed E-state index contributed by atoms with van der Waals surface area (Å²) in [5.74, 6) is 0. The molecule has 0 atom stereocenters. The van der Waals surface area contributed by atoms with Crippen LogP contribution in [0.3, 0.4) is 0 Å². The van der Waals surface area contributed by atoms with Crippen LogP contribution in [0.5, 0.6) is 0 Å². The number of nitrogens with zero attached hydrogens (tertiary/aromatic N) is 2. The Morgan fingerprint density at radius 3 is 2.75 bits per heavy atom. The van der Waals surface area contributed by atoms with Crippen LogP contribution in [0.25, 0.3) is 0 Å². The van der Waals surface area contributed by atoms with E-state index in [9.17, 15) is 0 Å². The first-order chi connectivity index (χ1) is 5.77. The molecule has 0 saturated carbocycles. The molecule has 0 bridgehead atoms. The van der Waals surface area contributed by atoms with Crippen LogP contribution in [0.1, 0.15) is 0 Å². The first kappa shape index (κ1) is 9.81. The van der Waals surface area contributed by atoms with E-state index in [1.165, 1.54) is 0 Å². The molecule has 1 saturated heterocycles. The maximum Gasteiger partial charge on any atom is 0.102 e. The fourth-order valence-electron chi connectivity index (χ4n) is 1.34. The fourth-order valence-corrected chi connectivity index (χ4v) is 1.44. The van der Waals surface area contributed by atoms with Crippen LogP contribution in [0, 0.1) is 0 Å². The van der Waals surface area contributed by atoms with Crippen molar-refractivity contribution in [3.8, 4) is 0 Å². The van der Waals surface area contributed by atoms with Crippen LogP contribution in [0.4, 0.5) is 0 Å². The average Bonchev–Trinajstić information content (AvgIpc) is 2.06. The minimum atomic E-state index is 0.792. The molecule has 1 aliphatic heterocycles. The summed E-state index contributed by atoms with van der Waals surface area (Å²) < 4.78 is 6.34. The second-order valence-corrected chi connectivity index (χ2v) is 3.56. The standard InChI is InChI=1S/C8H15N2OS/c1-10(3-2-9-8-12)4-6-11-7-5-10/h2-7H2,1H3/q+1. The molecule has 0 aromatic rings. The molecule has 1 rings (SSSR count). The fraction of sp³-hybridized carbons (Fsp3) is 0.875. The molecule has 0 unspecified atom stereocenters. The van der Waals surface area contributed by atoms with E-state index in [2.05, 4.69) is 29.4 Å². The number of morpholine rings is 1. The Morgan fingerprint density at radius 1 is 1.50 bits per heavy atom. The van der Waals surface area contributed by atoms with Crippen LogP contribution >= 0.6 is 12.2 Å². The molecule has 1 heterocycles. The molecule has 12 heavy (non-hydrogen) atoms. The second-order valence-electron chi connectivity index (χ2n) is 3.38. The van der Waals surface area contributed by atoms with Gasteiger partial charge in [-0.15, -0.1) is 0 Å². The van der Waals surface area contributed by atoms with E-state index in [-0.39, 0.29) is 0 Å². The van der Waals surface area contributed by atoms with E-state index < -0.39 is 0 Å². The summed E-state index contributed by atoms with van der Waals surface area (Å²) in [6.07, 6.45) is 0. The number of ether oxygens (including phenoxy) is 1. The highest BCUT2D eigenvalue weighted by Crippen LogP contribution is 2.06. The largest absolute Gasteiger partial charge is 0.370 e. The number of hydrogen-bond donors (Lipinski definition) is 0. The Bertz CT molecular complexity index is 183. The highest BCUT2D eigenvalue weighted by Gasteiger charge is 2.23. The number of likely N-dealkylation sites (N-methyl/N-ethyl adjacent to an activating group) is 1. The van der Waals surface area contributed by atoms with Crippen LogP contribution in [-0.2, 0) is 4.74 Å². The lowest BCUT2D eigenvalue weighted by atomic mass is 10.3. The molecule has 4 heteroatoms. The molecule has 0 amide bonds. The Morgan fingerprint density at radius 2 is 2.17 bits per heavy atom. The maximum atomic E-state index is 5.29. The van der Waals surface area contributed by atoms with Gasteiger partial charge in [-0.1, -0.05) is 0 Å². The van der Waals surface area contributed by atoms with Crippen LogP contribution in [0.15, 0.2) is 4.99 Å². The smallest absolute Gasteiger partial charge is 0.102 e. The van der Waals surface area contributed by atoms with Crippen molar-refractivity contribution < 1.29 is 9.22 Å². The second kappa shape index (κ2) is 4.67. The highest BCUT2D eigenvalue weighted by molar-refractivity contribution is 7.78.